The first-order chi connectivity index (χ1) is 8.28. The van der Waals surface area contributed by atoms with Crippen molar-refractivity contribution in [1.82, 2.24) is 10.4 Å². The van der Waals surface area contributed by atoms with Gasteiger partial charge in [-0.05, 0) is 44.4 Å². The standard InChI is InChI=1S/C14H29N3/c1-2-13-6-8-14(12-15,9-7-13)16-17-10-4-3-5-11-17/h13,16H,2-12,15H2,1H3. The Balaban J connectivity index is 1.86. The monoisotopic (exact) mass is 239 g/mol. The second-order valence-corrected chi connectivity index (χ2v) is 6.00. The van der Waals surface area contributed by atoms with Crippen LogP contribution in [0.15, 0.2) is 0 Å². The van der Waals surface area contributed by atoms with Crippen molar-refractivity contribution in [2.24, 2.45) is 11.7 Å². The van der Waals surface area contributed by atoms with Crippen molar-refractivity contribution in [2.45, 2.75) is 63.8 Å². The molecule has 0 spiro atoms. The molecule has 0 atom stereocenters. The lowest BCUT2D eigenvalue weighted by molar-refractivity contribution is 0.0516. The normalized spacial score (nSPS) is 36.0. The second kappa shape index (κ2) is 6.17. The van der Waals surface area contributed by atoms with E-state index in [1.807, 2.05) is 0 Å². The summed E-state index contributed by atoms with van der Waals surface area (Å²) >= 11 is 0. The van der Waals surface area contributed by atoms with Gasteiger partial charge in [0.15, 0.2) is 0 Å². The molecule has 1 heterocycles. The summed E-state index contributed by atoms with van der Waals surface area (Å²) in [7, 11) is 0. The molecular weight excluding hydrogens is 210 g/mol. The van der Waals surface area contributed by atoms with Crippen molar-refractivity contribution in [1.29, 1.82) is 0 Å². The molecule has 0 aromatic heterocycles. The van der Waals surface area contributed by atoms with Crippen LogP contribution in [0.2, 0.25) is 0 Å². The number of hydrogen-bond donors (Lipinski definition) is 2. The molecule has 1 aliphatic heterocycles. The van der Waals surface area contributed by atoms with E-state index in [1.165, 1.54) is 64.5 Å². The summed E-state index contributed by atoms with van der Waals surface area (Å²) in [5.41, 5.74) is 10.0. The van der Waals surface area contributed by atoms with E-state index in [4.69, 9.17) is 5.73 Å². The van der Waals surface area contributed by atoms with Crippen LogP contribution in [0.3, 0.4) is 0 Å². The van der Waals surface area contributed by atoms with Crippen molar-refractivity contribution in [2.75, 3.05) is 19.6 Å². The fourth-order valence-electron chi connectivity index (χ4n) is 3.34. The summed E-state index contributed by atoms with van der Waals surface area (Å²) in [4.78, 5) is 0. The molecule has 0 radical (unpaired) electrons. The third-order valence-electron chi connectivity index (χ3n) is 4.78. The molecule has 3 N–H and O–H groups in total. The van der Waals surface area contributed by atoms with E-state index in [9.17, 15) is 0 Å². The Kier molecular flexibility index (Phi) is 4.83. The topological polar surface area (TPSA) is 41.3 Å². The lowest BCUT2D eigenvalue weighted by Gasteiger charge is -2.44. The van der Waals surface area contributed by atoms with Gasteiger partial charge in [-0.3, -0.25) is 0 Å². The van der Waals surface area contributed by atoms with Crippen LogP contribution in [0, 0.1) is 5.92 Å². The number of nitrogens with two attached hydrogens (primary N) is 1. The fraction of sp³-hybridized carbons (Fsp3) is 1.00. The first kappa shape index (κ1) is 13.3. The number of piperidine rings is 1. The van der Waals surface area contributed by atoms with Crippen LogP contribution in [0.1, 0.15) is 58.3 Å². The molecule has 0 amide bonds. The zero-order chi connectivity index (χ0) is 12.1. The van der Waals surface area contributed by atoms with Crippen LogP contribution >= 0.6 is 0 Å². The van der Waals surface area contributed by atoms with Crippen molar-refractivity contribution < 1.29 is 0 Å². The van der Waals surface area contributed by atoms with Gasteiger partial charge in [-0.1, -0.05) is 19.8 Å². The third-order valence-corrected chi connectivity index (χ3v) is 4.78. The van der Waals surface area contributed by atoms with E-state index in [1.54, 1.807) is 0 Å². The first-order valence-electron chi connectivity index (χ1n) is 7.51. The maximum atomic E-state index is 6.05. The van der Waals surface area contributed by atoms with E-state index < -0.39 is 0 Å². The largest absolute Gasteiger partial charge is 0.329 e. The molecule has 100 valence electrons. The number of hydrogen-bond acceptors (Lipinski definition) is 3. The SMILES string of the molecule is CCC1CCC(CN)(NN2CCCCC2)CC1. The minimum atomic E-state index is 0.211. The van der Waals surface area contributed by atoms with Gasteiger partial charge in [-0.25, -0.2) is 10.4 Å². The Hall–Kier alpha value is -0.120. The molecule has 1 aliphatic carbocycles. The molecule has 0 unspecified atom stereocenters. The molecule has 0 aromatic rings. The summed E-state index contributed by atoms with van der Waals surface area (Å²) in [5, 5.41) is 2.43. The molecule has 1 saturated heterocycles. The van der Waals surface area contributed by atoms with Gasteiger partial charge in [0.1, 0.15) is 0 Å². The van der Waals surface area contributed by atoms with Gasteiger partial charge in [-0.15, -0.1) is 0 Å². The minimum Gasteiger partial charge on any atom is -0.329 e. The smallest absolute Gasteiger partial charge is 0.0448 e. The fourth-order valence-corrected chi connectivity index (χ4v) is 3.34. The highest BCUT2D eigenvalue weighted by atomic mass is 15.5. The van der Waals surface area contributed by atoms with Gasteiger partial charge in [0.05, 0.1) is 0 Å². The molecule has 1 saturated carbocycles. The van der Waals surface area contributed by atoms with Crippen LogP contribution in [-0.4, -0.2) is 30.2 Å². The Morgan fingerprint density at radius 1 is 1.18 bits per heavy atom. The maximum Gasteiger partial charge on any atom is 0.0448 e. The average molecular weight is 239 g/mol. The molecule has 2 aliphatic rings. The van der Waals surface area contributed by atoms with E-state index in [-0.39, 0.29) is 5.54 Å². The van der Waals surface area contributed by atoms with Crippen molar-refractivity contribution >= 4 is 0 Å². The molecule has 2 rings (SSSR count). The summed E-state index contributed by atoms with van der Waals surface area (Å²) in [5.74, 6) is 0.942. The lowest BCUT2D eigenvalue weighted by atomic mass is 9.76. The quantitative estimate of drug-likeness (QED) is 0.791. The molecule has 17 heavy (non-hydrogen) atoms. The van der Waals surface area contributed by atoms with E-state index in [2.05, 4.69) is 17.4 Å². The Bertz CT molecular complexity index is 216. The zero-order valence-corrected chi connectivity index (χ0v) is 11.4. The summed E-state index contributed by atoms with van der Waals surface area (Å²) in [6, 6.07) is 0. The van der Waals surface area contributed by atoms with E-state index in [0.717, 1.165) is 12.5 Å². The molecule has 3 nitrogen and oxygen atoms in total. The van der Waals surface area contributed by atoms with Crippen molar-refractivity contribution in [3.8, 4) is 0 Å². The van der Waals surface area contributed by atoms with Gasteiger partial charge in [0.25, 0.3) is 0 Å². The van der Waals surface area contributed by atoms with Crippen LogP contribution in [0.4, 0.5) is 0 Å². The minimum absolute atomic E-state index is 0.211. The van der Waals surface area contributed by atoms with Crippen LogP contribution in [0.5, 0.6) is 0 Å². The Morgan fingerprint density at radius 3 is 2.35 bits per heavy atom. The van der Waals surface area contributed by atoms with E-state index >= 15 is 0 Å². The second-order valence-electron chi connectivity index (χ2n) is 6.00. The van der Waals surface area contributed by atoms with Gasteiger partial charge in [0, 0.05) is 25.2 Å². The Morgan fingerprint density at radius 2 is 1.82 bits per heavy atom. The average Bonchev–Trinajstić information content (AvgIpc) is 2.41. The first-order valence-corrected chi connectivity index (χ1v) is 7.51. The zero-order valence-electron chi connectivity index (χ0n) is 11.4. The van der Waals surface area contributed by atoms with Crippen molar-refractivity contribution in [3.63, 3.8) is 0 Å². The number of hydrazine groups is 1. The van der Waals surface area contributed by atoms with Crippen LogP contribution < -0.4 is 11.2 Å². The maximum absolute atomic E-state index is 6.05. The molecule has 0 bridgehead atoms. The summed E-state index contributed by atoms with van der Waals surface area (Å²) in [6.45, 7) is 5.52. The van der Waals surface area contributed by atoms with Gasteiger partial charge < -0.3 is 5.73 Å². The Labute approximate surface area is 106 Å². The van der Waals surface area contributed by atoms with Crippen molar-refractivity contribution in [3.05, 3.63) is 0 Å². The molecular formula is C14H29N3. The van der Waals surface area contributed by atoms with E-state index in [0.29, 0.717) is 0 Å². The molecule has 0 aromatic carbocycles. The van der Waals surface area contributed by atoms with Gasteiger partial charge >= 0.3 is 0 Å². The lowest BCUT2D eigenvalue weighted by Crippen LogP contribution is -2.60. The van der Waals surface area contributed by atoms with Crippen LogP contribution in [0.25, 0.3) is 0 Å². The number of nitrogens with zero attached hydrogens (tertiary/aromatic N) is 1. The molecule has 3 heteroatoms. The van der Waals surface area contributed by atoms with Gasteiger partial charge in [-0.2, -0.15) is 0 Å². The molecule has 2 fully saturated rings. The highest BCUT2D eigenvalue weighted by Crippen LogP contribution is 2.33. The number of rotatable bonds is 4. The predicted molar refractivity (Wildman–Crippen MR) is 72.6 cm³/mol. The van der Waals surface area contributed by atoms with Gasteiger partial charge in [0.2, 0.25) is 0 Å². The van der Waals surface area contributed by atoms with Crippen LogP contribution in [-0.2, 0) is 0 Å². The highest BCUT2D eigenvalue weighted by molar-refractivity contribution is 4.93. The summed E-state index contributed by atoms with van der Waals surface area (Å²) < 4.78 is 0. The third kappa shape index (κ3) is 3.43. The predicted octanol–water partition coefficient (Wildman–Crippen LogP) is 2.27. The number of nitrogens with one attached hydrogen (secondary N) is 1. The summed E-state index contributed by atoms with van der Waals surface area (Å²) in [6.07, 6.45) is 10.6. The highest BCUT2D eigenvalue weighted by Gasteiger charge is 2.35.